The fourth-order valence-corrected chi connectivity index (χ4v) is 1.44. The molecule has 0 aliphatic carbocycles. The smallest absolute Gasteiger partial charge is 0.305 e. The van der Waals surface area contributed by atoms with Crippen LogP contribution >= 0.6 is 11.6 Å². The Balaban J connectivity index is 2.67. The highest BCUT2D eigenvalue weighted by Crippen LogP contribution is 2.13. The summed E-state index contributed by atoms with van der Waals surface area (Å²) in [5.74, 6) is -0.796. The van der Waals surface area contributed by atoms with Crippen molar-refractivity contribution in [1.82, 2.24) is 0 Å². The predicted molar refractivity (Wildman–Crippen MR) is 65.9 cm³/mol. The molecular weight excluding hydrogens is 226 g/mol. The van der Waals surface area contributed by atoms with Crippen LogP contribution in [-0.2, 0) is 4.79 Å². The van der Waals surface area contributed by atoms with Gasteiger partial charge in [-0.15, -0.1) is 0 Å². The number of carbonyl (C=O) groups is 1. The predicted octanol–water partition coefficient (Wildman–Crippen LogP) is 2.72. The zero-order chi connectivity index (χ0) is 11.8. The third kappa shape index (κ3) is 4.36. The molecule has 16 heavy (non-hydrogen) atoms. The van der Waals surface area contributed by atoms with E-state index in [9.17, 15) is 4.79 Å². The number of hydrogen-bond acceptors (Lipinski definition) is 2. The van der Waals surface area contributed by atoms with Crippen LogP contribution in [0, 0.1) is 0 Å². The van der Waals surface area contributed by atoms with Gasteiger partial charge < -0.3 is 10.0 Å². The largest absolute Gasteiger partial charge is 0.481 e. The third-order valence-corrected chi connectivity index (χ3v) is 2.31. The first kappa shape index (κ1) is 12.6. The first-order chi connectivity index (χ1) is 7.74. The maximum Gasteiger partial charge on any atom is 0.305 e. The Hall–Kier alpha value is -1.48. The number of halogens is 1. The van der Waals surface area contributed by atoms with Gasteiger partial charge in [-0.2, -0.15) is 0 Å². The maximum atomic E-state index is 10.5. The van der Waals surface area contributed by atoms with Crippen molar-refractivity contribution in [1.29, 1.82) is 0 Å². The van der Waals surface area contributed by atoms with E-state index in [1.165, 1.54) is 5.54 Å². The molecule has 0 aliphatic heterocycles. The van der Waals surface area contributed by atoms with Gasteiger partial charge in [0.1, 0.15) is 0 Å². The number of para-hydroxylation sites is 1. The molecule has 1 N–H and O–H groups in total. The Labute approximate surface area is 100.0 Å². The highest BCUT2D eigenvalue weighted by Gasteiger charge is 2.06. The Morgan fingerprint density at radius 2 is 2.06 bits per heavy atom. The quantitative estimate of drug-likeness (QED) is 0.830. The first-order valence-electron chi connectivity index (χ1n) is 5.01. The number of anilines is 1. The van der Waals surface area contributed by atoms with Crippen molar-refractivity contribution in [2.45, 2.75) is 6.42 Å². The second-order valence-corrected chi connectivity index (χ2v) is 3.54. The minimum Gasteiger partial charge on any atom is -0.481 e. The molecule has 1 rings (SSSR count). The molecule has 0 radical (unpaired) electrons. The van der Waals surface area contributed by atoms with Crippen molar-refractivity contribution in [3.8, 4) is 0 Å². The van der Waals surface area contributed by atoms with Gasteiger partial charge in [-0.25, -0.2) is 0 Å². The number of rotatable bonds is 6. The molecule has 0 heterocycles. The molecule has 86 valence electrons. The van der Waals surface area contributed by atoms with Crippen LogP contribution in [0.4, 0.5) is 5.69 Å². The first-order valence-corrected chi connectivity index (χ1v) is 5.44. The second-order valence-electron chi connectivity index (χ2n) is 3.29. The van der Waals surface area contributed by atoms with Gasteiger partial charge in [0, 0.05) is 24.3 Å². The Bertz CT molecular complexity index is 351. The van der Waals surface area contributed by atoms with Gasteiger partial charge >= 0.3 is 5.97 Å². The van der Waals surface area contributed by atoms with E-state index in [1.54, 1.807) is 6.08 Å². The van der Waals surface area contributed by atoms with E-state index in [1.807, 2.05) is 35.2 Å². The summed E-state index contributed by atoms with van der Waals surface area (Å²) >= 11 is 5.47. The van der Waals surface area contributed by atoms with Crippen molar-refractivity contribution in [2.24, 2.45) is 0 Å². The molecule has 0 fully saturated rings. The number of carboxylic acids is 1. The molecule has 1 aromatic rings. The van der Waals surface area contributed by atoms with Crippen LogP contribution in [-0.4, -0.2) is 24.2 Å². The highest BCUT2D eigenvalue weighted by molar-refractivity contribution is 6.25. The number of benzene rings is 1. The van der Waals surface area contributed by atoms with Crippen molar-refractivity contribution < 1.29 is 9.90 Å². The van der Waals surface area contributed by atoms with Gasteiger partial charge in [0.15, 0.2) is 0 Å². The zero-order valence-corrected chi connectivity index (χ0v) is 9.60. The molecule has 3 nitrogen and oxygen atoms in total. The lowest BCUT2D eigenvalue weighted by atomic mass is 10.2. The summed E-state index contributed by atoms with van der Waals surface area (Å²) < 4.78 is 0. The van der Waals surface area contributed by atoms with Crippen LogP contribution in [0.5, 0.6) is 0 Å². The van der Waals surface area contributed by atoms with E-state index in [2.05, 4.69) is 0 Å². The topological polar surface area (TPSA) is 40.5 Å². The average Bonchev–Trinajstić information content (AvgIpc) is 2.30. The minimum absolute atomic E-state index is 0.116. The minimum atomic E-state index is -0.796. The number of nitrogens with zero attached hydrogens (tertiary/aromatic N) is 1. The molecule has 0 unspecified atom stereocenters. The van der Waals surface area contributed by atoms with Crippen molar-refractivity contribution in [2.75, 3.05) is 18.0 Å². The molecule has 4 heteroatoms. The van der Waals surface area contributed by atoms with Gasteiger partial charge in [-0.05, 0) is 12.1 Å². The summed E-state index contributed by atoms with van der Waals surface area (Å²) in [5, 5.41) is 8.66. The molecule has 0 spiro atoms. The van der Waals surface area contributed by atoms with Gasteiger partial charge in [-0.3, -0.25) is 4.79 Å². The average molecular weight is 240 g/mol. The summed E-state index contributed by atoms with van der Waals surface area (Å²) in [4.78, 5) is 12.5. The van der Waals surface area contributed by atoms with Crippen LogP contribution in [0.25, 0.3) is 0 Å². The van der Waals surface area contributed by atoms with Crippen LogP contribution in [0.1, 0.15) is 6.42 Å². The summed E-state index contributed by atoms with van der Waals surface area (Å²) in [6.07, 6.45) is 1.90. The fourth-order valence-electron chi connectivity index (χ4n) is 1.36. The Morgan fingerprint density at radius 3 is 2.62 bits per heavy atom. The van der Waals surface area contributed by atoms with Crippen molar-refractivity contribution in [3.63, 3.8) is 0 Å². The van der Waals surface area contributed by atoms with E-state index >= 15 is 0 Å². The number of aliphatic carboxylic acids is 1. The molecule has 0 aliphatic rings. The Kier molecular flexibility index (Phi) is 5.43. The molecule has 0 saturated carbocycles. The molecule has 1 aromatic carbocycles. The molecule has 0 atom stereocenters. The lowest BCUT2D eigenvalue weighted by molar-refractivity contribution is -0.136. The van der Waals surface area contributed by atoms with Gasteiger partial charge in [-0.1, -0.05) is 35.9 Å². The summed E-state index contributed by atoms with van der Waals surface area (Å²) in [6, 6.07) is 9.67. The third-order valence-electron chi connectivity index (χ3n) is 2.13. The molecular formula is C12H14ClNO2. The van der Waals surface area contributed by atoms with E-state index in [0.29, 0.717) is 13.1 Å². The van der Waals surface area contributed by atoms with Gasteiger partial charge in [0.25, 0.3) is 0 Å². The van der Waals surface area contributed by atoms with Crippen LogP contribution in [0.15, 0.2) is 41.9 Å². The van der Waals surface area contributed by atoms with Crippen LogP contribution in [0.3, 0.4) is 0 Å². The van der Waals surface area contributed by atoms with Crippen molar-refractivity contribution >= 4 is 23.3 Å². The van der Waals surface area contributed by atoms with E-state index in [-0.39, 0.29) is 6.42 Å². The lowest BCUT2D eigenvalue weighted by Gasteiger charge is -2.22. The SMILES string of the molecule is O=C(O)CCN(C/C=C/Cl)c1ccccc1. The molecule has 0 bridgehead atoms. The molecule has 0 aromatic heterocycles. The normalized spacial score (nSPS) is 10.6. The van der Waals surface area contributed by atoms with Crippen LogP contribution < -0.4 is 4.90 Å². The van der Waals surface area contributed by atoms with Crippen molar-refractivity contribution in [3.05, 3.63) is 41.9 Å². The number of carboxylic acid groups (broad SMARTS) is 1. The van der Waals surface area contributed by atoms with E-state index in [0.717, 1.165) is 5.69 Å². The maximum absolute atomic E-state index is 10.5. The summed E-state index contributed by atoms with van der Waals surface area (Å²) in [7, 11) is 0. The molecule has 0 saturated heterocycles. The van der Waals surface area contributed by atoms with Gasteiger partial charge in [0.2, 0.25) is 0 Å². The number of hydrogen-bond donors (Lipinski definition) is 1. The zero-order valence-electron chi connectivity index (χ0n) is 8.84. The monoisotopic (exact) mass is 239 g/mol. The summed E-state index contributed by atoms with van der Waals surface area (Å²) in [5.41, 5.74) is 2.44. The van der Waals surface area contributed by atoms with Crippen LogP contribution in [0.2, 0.25) is 0 Å². The lowest BCUT2D eigenvalue weighted by Crippen LogP contribution is -2.26. The fraction of sp³-hybridized carbons (Fsp3) is 0.250. The highest BCUT2D eigenvalue weighted by atomic mass is 35.5. The molecule has 0 amide bonds. The summed E-state index contributed by atoms with van der Waals surface area (Å²) in [6.45, 7) is 1.08. The van der Waals surface area contributed by atoms with Gasteiger partial charge in [0.05, 0.1) is 6.42 Å². The standard InChI is InChI=1S/C12H14ClNO2/c13-8-4-9-14(10-7-12(15)16)11-5-2-1-3-6-11/h1-6,8H,7,9-10H2,(H,15,16)/b8-4+. The Morgan fingerprint density at radius 1 is 1.38 bits per heavy atom. The second kappa shape index (κ2) is 6.90. The van der Waals surface area contributed by atoms with E-state index < -0.39 is 5.97 Å². The van der Waals surface area contributed by atoms with E-state index in [4.69, 9.17) is 16.7 Å².